The molecule has 1 atom stereocenters. The number of carbonyl (C=O) groups is 1. The van der Waals surface area contributed by atoms with Crippen molar-refractivity contribution in [1.82, 2.24) is 9.97 Å². The summed E-state index contributed by atoms with van der Waals surface area (Å²) in [4.78, 5) is 28.3. The van der Waals surface area contributed by atoms with E-state index in [1.165, 1.54) is 12.1 Å². The topological polar surface area (TPSA) is 64.6 Å². The number of hydrogen-bond acceptors (Lipinski definition) is 5. The van der Waals surface area contributed by atoms with Gasteiger partial charge in [0, 0.05) is 38.4 Å². The first-order valence-corrected chi connectivity index (χ1v) is 10.7. The van der Waals surface area contributed by atoms with Crippen LogP contribution >= 0.6 is 0 Å². The fourth-order valence-corrected chi connectivity index (χ4v) is 4.41. The number of carbonyl (C=O) groups excluding carboxylic acids is 1. The zero-order chi connectivity index (χ0) is 22.2. The molecule has 7 nitrogen and oxygen atoms in total. The van der Waals surface area contributed by atoms with E-state index in [1.807, 2.05) is 43.3 Å². The quantitative estimate of drug-likeness (QED) is 0.666. The van der Waals surface area contributed by atoms with Gasteiger partial charge in [-0.3, -0.25) is 10.2 Å². The number of benzene rings is 1. The van der Waals surface area contributed by atoms with Crippen LogP contribution in [0.25, 0.3) is 11.3 Å². The summed E-state index contributed by atoms with van der Waals surface area (Å²) >= 11 is 0. The minimum atomic E-state index is -0.444. The normalized spacial score (nSPS) is 17.0. The number of fused-ring (bicyclic) bond motifs is 4. The monoisotopic (exact) mass is 432 g/mol. The number of piperidine rings is 1. The number of pyridine rings is 2. The van der Waals surface area contributed by atoms with Crippen LogP contribution in [-0.2, 0) is 0 Å². The Labute approximate surface area is 186 Å². The van der Waals surface area contributed by atoms with Crippen LogP contribution in [0.4, 0.5) is 32.2 Å². The third-order valence-electron chi connectivity index (χ3n) is 6.02. The predicted octanol–water partition coefficient (Wildman–Crippen LogP) is 4.37. The second-order valence-electron chi connectivity index (χ2n) is 8.39. The largest absolute Gasteiger partial charge is 0.378 e. The number of aromatic nitrogens is 2. The van der Waals surface area contributed by atoms with Gasteiger partial charge in [0.1, 0.15) is 11.6 Å². The van der Waals surface area contributed by atoms with Gasteiger partial charge in [-0.05, 0) is 49.2 Å². The maximum Gasteiger partial charge on any atom is 0.329 e. The summed E-state index contributed by atoms with van der Waals surface area (Å²) < 4.78 is 13.2. The van der Waals surface area contributed by atoms with Gasteiger partial charge in [-0.2, -0.15) is 0 Å². The maximum atomic E-state index is 13.3. The Morgan fingerprint density at radius 1 is 1.19 bits per heavy atom. The molecule has 8 heteroatoms. The number of urea groups is 1. The summed E-state index contributed by atoms with van der Waals surface area (Å²) in [6.45, 7) is 1.73. The first-order valence-electron chi connectivity index (χ1n) is 10.7. The van der Waals surface area contributed by atoms with Crippen molar-refractivity contribution in [3.8, 4) is 11.3 Å². The molecule has 0 spiro atoms. The van der Waals surface area contributed by atoms with Crippen LogP contribution < -0.4 is 20.0 Å². The molecule has 2 amide bonds. The Hall–Kier alpha value is -3.68. The molecule has 2 bridgehead atoms. The smallest absolute Gasteiger partial charge is 0.329 e. The molecule has 0 radical (unpaired) electrons. The van der Waals surface area contributed by atoms with Crippen LogP contribution in [0.3, 0.4) is 0 Å². The molecule has 1 unspecified atom stereocenters. The van der Waals surface area contributed by atoms with Gasteiger partial charge >= 0.3 is 6.03 Å². The van der Waals surface area contributed by atoms with E-state index in [0.29, 0.717) is 11.6 Å². The Kier molecular flexibility index (Phi) is 5.13. The average molecular weight is 433 g/mol. The Morgan fingerprint density at radius 2 is 2.06 bits per heavy atom. The second kappa shape index (κ2) is 8.11. The summed E-state index contributed by atoms with van der Waals surface area (Å²) in [5.74, 6) is 0.514. The molecule has 1 saturated heterocycles. The molecule has 4 heterocycles. The molecule has 2 aliphatic rings. The van der Waals surface area contributed by atoms with Crippen LogP contribution in [0.15, 0.2) is 54.7 Å². The van der Waals surface area contributed by atoms with Crippen molar-refractivity contribution in [2.75, 3.05) is 47.2 Å². The van der Waals surface area contributed by atoms with Crippen molar-refractivity contribution in [2.24, 2.45) is 0 Å². The molecule has 3 aromatic rings. The van der Waals surface area contributed by atoms with Gasteiger partial charge in [0.05, 0.1) is 23.6 Å². The molecule has 2 aliphatic heterocycles. The second-order valence-corrected chi connectivity index (χ2v) is 8.39. The van der Waals surface area contributed by atoms with E-state index in [1.54, 1.807) is 4.90 Å². The van der Waals surface area contributed by atoms with E-state index in [9.17, 15) is 9.18 Å². The summed E-state index contributed by atoms with van der Waals surface area (Å²) in [6.07, 6.45) is 3.01. The molecule has 1 fully saturated rings. The average Bonchev–Trinajstić information content (AvgIpc) is 2.80. The first kappa shape index (κ1) is 20.2. The van der Waals surface area contributed by atoms with Gasteiger partial charge in [0.15, 0.2) is 5.82 Å². The molecule has 2 aromatic heterocycles. The van der Waals surface area contributed by atoms with Crippen LogP contribution in [0, 0.1) is 5.82 Å². The number of rotatable bonds is 3. The molecular formula is C24H25FN6O. The van der Waals surface area contributed by atoms with Crippen molar-refractivity contribution in [1.29, 1.82) is 0 Å². The van der Waals surface area contributed by atoms with Gasteiger partial charge in [0.2, 0.25) is 0 Å². The maximum absolute atomic E-state index is 13.3. The summed E-state index contributed by atoms with van der Waals surface area (Å²) in [6, 6.07) is 14.7. The van der Waals surface area contributed by atoms with Gasteiger partial charge in [-0.1, -0.05) is 12.1 Å². The van der Waals surface area contributed by atoms with E-state index in [2.05, 4.69) is 27.3 Å². The van der Waals surface area contributed by atoms with Gasteiger partial charge in [-0.25, -0.2) is 19.2 Å². The number of halogens is 1. The molecule has 0 saturated carbocycles. The van der Waals surface area contributed by atoms with E-state index < -0.39 is 5.82 Å². The lowest BCUT2D eigenvalue weighted by atomic mass is 9.99. The van der Waals surface area contributed by atoms with Crippen LogP contribution in [0.5, 0.6) is 0 Å². The van der Waals surface area contributed by atoms with Crippen LogP contribution in [0.2, 0.25) is 0 Å². The predicted molar refractivity (Wildman–Crippen MR) is 125 cm³/mol. The highest BCUT2D eigenvalue weighted by Gasteiger charge is 2.38. The Bertz CT molecular complexity index is 1150. The highest BCUT2D eigenvalue weighted by atomic mass is 19.1. The minimum Gasteiger partial charge on any atom is -0.378 e. The van der Waals surface area contributed by atoms with Crippen molar-refractivity contribution in [3.05, 3.63) is 60.5 Å². The number of nitrogens with zero attached hydrogens (tertiary/aromatic N) is 5. The van der Waals surface area contributed by atoms with Crippen molar-refractivity contribution < 1.29 is 9.18 Å². The standard InChI is InChI=1S/C24H25FN6O/c1-29(2)18-6-3-5-16(13-18)20-9-10-21-23(27-20)31(19-7-4-12-30(21)15-19)24(32)28-22-11-8-17(25)14-26-22/h3,5-6,8-11,13-14,19H,4,7,12,15H2,1-2H3,(H,26,28,32). The molecule has 32 heavy (non-hydrogen) atoms. The fraction of sp³-hybridized carbons (Fsp3) is 0.292. The molecule has 1 aromatic carbocycles. The Morgan fingerprint density at radius 3 is 2.84 bits per heavy atom. The van der Waals surface area contributed by atoms with E-state index in [-0.39, 0.29) is 12.1 Å². The fourth-order valence-electron chi connectivity index (χ4n) is 4.41. The third-order valence-corrected chi connectivity index (χ3v) is 6.02. The van der Waals surface area contributed by atoms with E-state index in [4.69, 9.17) is 4.98 Å². The Balaban J connectivity index is 1.53. The van der Waals surface area contributed by atoms with E-state index in [0.717, 1.165) is 54.8 Å². The molecule has 164 valence electrons. The molecule has 0 aliphatic carbocycles. The van der Waals surface area contributed by atoms with Crippen LogP contribution in [0.1, 0.15) is 12.8 Å². The van der Waals surface area contributed by atoms with Gasteiger partial charge in [-0.15, -0.1) is 0 Å². The van der Waals surface area contributed by atoms with E-state index >= 15 is 0 Å². The number of amides is 2. The zero-order valence-corrected chi connectivity index (χ0v) is 18.1. The van der Waals surface area contributed by atoms with Crippen molar-refractivity contribution >= 4 is 29.0 Å². The lowest BCUT2D eigenvalue weighted by Gasteiger charge is -2.45. The van der Waals surface area contributed by atoms with Gasteiger partial charge in [0.25, 0.3) is 0 Å². The molecular weight excluding hydrogens is 407 g/mol. The lowest BCUT2D eigenvalue weighted by Crippen LogP contribution is -2.56. The SMILES string of the molecule is CN(C)c1cccc(-c2ccc3c(n2)N(C(=O)Nc2ccc(F)cn2)C2CCCN3C2)c1. The highest BCUT2D eigenvalue weighted by Crippen LogP contribution is 2.39. The molecule has 5 rings (SSSR count). The summed E-state index contributed by atoms with van der Waals surface area (Å²) in [7, 11) is 4.01. The first-order chi connectivity index (χ1) is 15.5. The number of anilines is 4. The number of nitrogens with one attached hydrogen (secondary N) is 1. The van der Waals surface area contributed by atoms with Crippen molar-refractivity contribution in [3.63, 3.8) is 0 Å². The third kappa shape index (κ3) is 3.72. The minimum absolute atomic E-state index is 0.0209. The van der Waals surface area contributed by atoms with Gasteiger partial charge < -0.3 is 9.80 Å². The summed E-state index contributed by atoms with van der Waals surface area (Å²) in [5, 5.41) is 2.81. The zero-order valence-electron chi connectivity index (χ0n) is 18.1. The van der Waals surface area contributed by atoms with Crippen molar-refractivity contribution in [2.45, 2.75) is 18.9 Å². The highest BCUT2D eigenvalue weighted by molar-refractivity contribution is 6.04. The number of hydrogen-bond donors (Lipinski definition) is 1. The van der Waals surface area contributed by atoms with Crippen LogP contribution in [-0.4, -0.2) is 49.2 Å². The lowest BCUT2D eigenvalue weighted by molar-refractivity contribution is 0.252. The summed E-state index contributed by atoms with van der Waals surface area (Å²) in [5.41, 5.74) is 3.84. The molecule has 1 N–H and O–H groups in total.